The fraction of sp³-hybridized carbons (Fsp3) is 0.255. The summed E-state index contributed by atoms with van der Waals surface area (Å²) in [4.78, 5) is 14.2. The van der Waals surface area contributed by atoms with Gasteiger partial charge in [0, 0.05) is 45.8 Å². The molecule has 0 aliphatic heterocycles. The minimum Gasteiger partial charge on any atom is -0.486 e. The maximum absolute atomic E-state index is 8.55. The molecule has 277 valence electrons. The molecule has 0 unspecified atom stereocenters. The molecule has 0 fully saturated rings. The minimum atomic E-state index is -1.67. The van der Waals surface area contributed by atoms with Crippen molar-refractivity contribution in [2.24, 2.45) is 5.92 Å². The molecule has 4 heterocycles. The van der Waals surface area contributed by atoms with Crippen molar-refractivity contribution in [1.82, 2.24) is 19.5 Å². The summed E-state index contributed by atoms with van der Waals surface area (Å²) in [5, 5.41) is 3.13. The molecular weight excluding hydrogens is 857 g/mol. The number of hydrogen-bond acceptors (Lipinski definition) is 4. The summed E-state index contributed by atoms with van der Waals surface area (Å²) in [6.07, 6.45) is 0.528. The summed E-state index contributed by atoms with van der Waals surface area (Å²) in [5.74, 6) is 0.721. The standard InChI is InChI=1S/C29H24N3O.C18H24NSi.Ir/c1-18-12-17-22-21-8-7-9-23(26(21)33-28(22)30-18)27-31-24-10-5-6-11-25(24)32(27)20-15-13-19(14-16-20)29(2,3)4;1-14(2)11-16-12-17(15-9-7-6-8-10-15)19-13-18(16)20(3,4)5;/h5-8,10-17H,1-4H3;6-9,12-14H,11H2,1-5H3;/q2*-1;/i;11D2;. The predicted molar refractivity (Wildman–Crippen MR) is 224 cm³/mol. The van der Waals surface area contributed by atoms with E-state index in [4.69, 9.17) is 12.1 Å². The maximum Gasteiger partial charge on any atom is 0.216 e. The number of fused-ring (bicyclic) bond motifs is 4. The van der Waals surface area contributed by atoms with Crippen LogP contribution in [-0.4, -0.2) is 27.6 Å². The summed E-state index contributed by atoms with van der Waals surface area (Å²) in [5.41, 5.74) is 10.1. The van der Waals surface area contributed by atoms with E-state index in [-0.39, 0.29) is 31.4 Å². The zero-order valence-corrected chi connectivity index (χ0v) is 35.9. The van der Waals surface area contributed by atoms with Crippen molar-refractivity contribution >= 4 is 46.4 Å². The summed E-state index contributed by atoms with van der Waals surface area (Å²) < 4.78 is 25.6. The number of imidazole rings is 1. The van der Waals surface area contributed by atoms with Gasteiger partial charge in [0.05, 0.1) is 30.5 Å². The van der Waals surface area contributed by atoms with Gasteiger partial charge in [-0.1, -0.05) is 101 Å². The van der Waals surface area contributed by atoms with Gasteiger partial charge >= 0.3 is 0 Å². The van der Waals surface area contributed by atoms with E-state index >= 15 is 0 Å². The van der Waals surface area contributed by atoms with Crippen LogP contribution >= 0.6 is 0 Å². The molecule has 54 heavy (non-hydrogen) atoms. The van der Waals surface area contributed by atoms with E-state index in [1.807, 2.05) is 93.7 Å². The normalized spacial score (nSPS) is 12.7. The van der Waals surface area contributed by atoms with Crippen molar-refractivity contribution in [2.45, 2.75) is 73.0 Å². The van der Waals surface area contributed by atoms with Gasteiger partial charge < -0.3 is 14.0 Å². The number of aryl methyl sites for hydroxylation is 1. The molecule has 8 aromatic rings. The molecule has 0 amide bonds. The van der Waals surface area contributed by atoms with Crippen LogP contribution in [0, 0.1) is 25.0 Å². The van der Waals surface area contributed by atoms with Crippen molar-refractivity contribution in [3.05, 3.63) is 138 Å². The predicted octanol–water partition coefficient (Wildman–Crippen LogP) is 11.7. The van der Waals surface area contributed by atoms with Crippen LogP contribution in [0.2, 0.25) is 19.6 Å². The first-order valence-electron chi connectivity index (χ1n) is 19.3. The van der Waals surface area contributed by atoms with E-state index < -0.39 is 14.4 Å². The Morgan fingerprint density at radius 3 is 2.28 bits per heavy atom. The van der Waals surface area contributed by atoms with Gasteiger partial charge in [-0.15, -0.1) is 54.1 Å². The number of pyridine rings is 2. The summed E-state index contributed by atoms with van der Waals surface area (Å²) >= 11 is 0. The van der Waals surface area contributed by atoms with Gasteiger partial charge in [0.25, 0.3) is 0 Å². The fourth-order valence-corrected chi connectivity index (χ4v) is 8.03. The van der Waals surface area contributed by atoms with Gasteiger partial charge in [0.1, 0.15) is 0 Å². The van der Waals surface area contributed by atoms with Crippen molar-refractivity contribution in [3.8, 4) is 28.3 Å². The Balaban J connectivity index is 0.000000203. The van der Waals surface area contributed by atoms with E-state index in [1.165, 1.54) is 5.56 Å². The molecule has 4 aromatic carbocycles. The third-order valence-corrected chi connectivity index (χ3v) is 11.4. The molecular formula is C47H48IrN4OSi-2. The third-order valence-electron chi connectivity index (χ3n) is 9.35. The minimum absolute atomic E-state index is 0. The molecule has 0 spiro atoms. The number of rotatable bonds is 6. The molecule has 0 saturated heterocycles. The van der Waals surface area contributed by atoms with Gasteiger partial charge in [-0.3, -0.25) is 4.98 Å². The van der Waals surface area contributed by atoms with E-state index in [9.17, 15) is 0 Å². The number of benzene rings is 4. The second-order valence-corrected chi connectivity index (χ2v) is 21.0. The Morgan fingerprint density at radius 2 is 1.59 bits per heavy atom. The first kappa shape index (κ1) is 36.3. The van der Waals surface area contributed by atoms with Crippen LogP contribution in [0.5, 0.6) is 0 Å². The number of nitrogens with zero attached hydrogens (tertiary/aromatic N) is 4. The molecule has 8 rings (SSSR count). The quantitative estimate of drug-likeness (QED) is 0.123. The fourth-order valence-electron chi connectivity index (χ4n) is 6.63. The van der Waals surface area contributed by atoms with E-state index in [0.717, 1.165) is 72.2 Å². The van der Waals surface area contributed by atoms with Crippen molar-refractivity contribution in [2.75, 3.05) is 0 Å². The topological polar surface area (TPSA) is 56.7 Å². The van der Waals surface area contributed by atoms with Gasteiger partial charge in [-0.2, -0.15) is 0 Å². The molecule has 0 bridgehead atoms. The van der Waals surface area contributed by atoms with Crippen LogP contribution in [0.3, 0.4) is 0 Å². The molecule has 0 N–H and O–H groups in total. The molecule has 0 saturated carbocycles. The Hall–Kier alpha value is -4.68. The number of para-hydroxylation sites is 2. The second-order valence-electron chi connectivity index (χ2n) is 16.0. The van der Waals surface area contributed by atoms with E-state index in [1.54, 1.807) is 0 Å². The summed E-state index contributed by atoms with van der Waals surface area (Å²) in [7, 11) is -1.67. The second kappa shape index (κ2) is 15.6. The van der Waals surface area contributed by atoms with Crippen LogP contribution in [0.4, 0.5) is 0 Å². The van der Waals surface area contributed by atoms with Crippen LogP contribution in [0.25, 0.3) is 61.4 Å². The molecule has 4 aromatic heterocycles. The van der Waals surface area contributed by atoms with Crippen molar-refractivity contribution in [1.29, 1.82) is 0 Å². The Labute approximate surface area is 337 Å². The van der Waals surface area contributed by atoms with Gasteiger partial charge in [0.2, 0.25) is 5.71 Å². The SMILES string of the molecule is Cc1ccc2c(n1)oc1c(-c3nc4ccccc4n3-c3ccc(C(C)(C)C)cc3)[c-]ccc12.[2H]C([2H])(c1cc(-c2[c-]cccc2)ncc1[Si](C)(C)C)C(C)C.[Ir]. The van der Waals surface area contributed by atoms with Crippen LogP contribution in [-0.2, 0) is 31.9 Å². The van der Waals surface area contributed by atoms with E-state index in [2.05, 4.69) is 103 Å². The van der Waals surface area contributed by atoms with Gasteiger partial charge in [-0.05, 0) is 77.5 Å². The molecule has 1 radical (unpaired) electrons. The zero-order chi connectivity index (χ0) is 39.3. The smallest absolute Gasteiger partial charge is 0.216 e. The third kappa shape index (κ3) is 8.05. The zero-order valence-electron chi connectivity index (χ0n) is 34.5. The Bertz CT molecular complexity index is 2640. The van der Waals surface area contributed by atoms with Crippen LogP contribution in [0.1, 0.15) is 54.2 Å². The average Bonchev–Trinajstić information content (AvgIpc) is 3.73. The molecule has 0 atom stereocenters. The Kier molecular flexibility index (Phi) is 10.5. The first-order valence-corrected chi connectivity index (χ1v) is 21.8. The van der Waals surface area contributed by atoms with Crippen LogP contribution in [0.15, 0.2) is 114 Å². The van der Waals surface area contributed by atoms with Crippen LogP contribution < -0.4 is 5.19 Å². The largest absolute Gasteiger partial charge is 0.486 e. The van der Waals surface area contributed by atoms with Gasteiger partial charge in [-0.25, -0.2) is 4.98 Å². The number of hydrogen-bond donors (Lipinski definition) is 0. The molecule has 0 aliphatic carbocycles. The summed E-state index contributed by atoms with van der Waals surface area (Å²) in [6, 6.07) is 41.2. The van der Waals surface area contributed by atoms with Crippen molar-refractivity contribution < 1.29 is 27.3 Å². The average molecular weight is 907 g/mol. The molecule has 5 nitrogen and oxygen atoms in total. The van der Waals surface area contributed by atoms with Gasteiger partial charge in [0.15, 0.2) is 0 Å². The maximum atomic E-state index is 8.55. The number of aromatic nitrogens is 4. The van der Waals surface area contributed by atoms with E-state index in [0.29, 0.717) is 5.71 Å². The molecule has 7 heteroatoms. The molecule has 0 aliphatic rings. The van der Waals surface area contributed by atoms with Crippen molar-refractivity contribution in [3.63, 3.8) is 0 Å². The summed E-state index contributed by atoms with van der Waals surface area (Å²) in [6.45, 7) is 19.2. The monoisotopic (exact) mass is 907 g/mol. The first-order chi connectivity index (χ1) is 26.0. The Morgan fingerprint density at radius 1 is 0.852 bits per heavy atom. The number of furan rings is 1.